The van der Waals surface area contributed by atoms with Crippen molar-refractivity contribution in [2.45, 2.75) is 31.6 Å². The first kappa shape index (κ1) is 17.7. The third kappa shape index (κ3) is 3.13. The number of nitrogens with one attached hydrogen (secondary N) is 3. The Balaban J connectivity index is 1.64. The van der Waals surface area contributed by atoms with E-state index in [2.05, 4.69) is 26.0 Å². The van der Waals surface area contributed by atoms with Gasteiger partial charge in [0.15, 0.2) is 17.2 Å². The van der Waals surface area contributed by atoms with Gasteiger partial charge in [0, 0.05) is 19.2 Å². The molecule has 1 fully saturated rings. The van der Waals surface area contributed by atoms with Crippen molar-refractivity contribution in [2.75, 3.05) is 24.8 Å². The summed E-state index contributed by atoms with van der Waals surface area (Å²) in [7, 11) is 3.44. The largest absolute Gasteiger partial charge is 0.495 e. The smallest absolute Gasteiger partial charge is 0.271 e. The first-order valence-corrected chi connectivity index (χ1v) is 9.57. The number of amides is 1. The van der Waals surface area contributed by atoms with Crippen LogP contribution in [-0.4, -0.2) is 46.8 Å². The highest BCUT2D eigenvalue weighted by atomic mass is 16.5. The van der Waals surface area contributed by atoms with Gasteiger partial charge in [0.25, 0.3) is 5.91 Å². The minimum absolute atomic E-state index is 0.0969. The molecule has 4 heterocycles. The Bertz CT molecular complexity index is 1090. The van der Waals surface area contributed by atoms with Crippen LogP contribution in [0, 0.1) is 0 Å². The zero-order valence-corrected chi connectivity index (χ0v) is 16.2. The van der Waals surface area contributed by atoms with Gasteiger partial charge in [-0.25, -0.2) is 9.50 Å². The number of carbonyl (C=O) groups is 1. The molecule has 150 valence electrons. The van der Waals surface area contributed by atoms with Gasteiger partial charge in [-0.15, -0.1) is 5.10 Å². The fourth-order valence-electron chi connectivity index (χ4n) is 3.74. The highest BCUT2D eigenvalue weighted by molar-refractivity contribution is 5.94. The molecule has 1 aromatic carbocycles. The van der Waals surface area contributed by atoms with E-state index < -0.39 is 0 Å². The maximum absolute atomic E-state index is 12.8. The molecule has 0 spiro atoms. The summed E-state index contributed by atoms with van der Waals surface area (Å²) in [6.45, 7) is 0.502. The molecular formula is C20H22N6O3. The molecule has 9 nitrogen and oxygen atoms in total. The molecule has 6 rings (SSSR count). The van der Waals surface area contributed by atoms with Crippen LogP contribution in [0.25, 0.3) is 5.65 Å². The lowest BCUT2D eigenvalue weighted by Crippen LogP contribution is -2.48. The molecule has 29 heavy (non-hydrogen) atoms. The van der Waals surface area contributed by atoms with E-state index in [1.807, 2.05) is 31.3 Å². The Morgan fingerprint density at radius 2 is 2.17 bits per heavy atom. The predicted molar refractivity (Wildman–Crippen MR) is 108 cm³/mol. The molecule has 1 saturated carbocycles. The van der Waals surface area contributed by atoms with Gasteiger partial charge in [0.05, 0.1) is 37.4 Å². The molecule has 0 atom stereocenters. The van der Waals surface area contributed by atoms with E-state index in [1.165, 1.54) is 0 Å². The van der Waals surface area contributed by atoms with Gasteiger partial charge < -0.3 is 25.4 Å². The number of anilines is 3. The maximum Gasteiger partial charge on any atom is 0.271 e. The summed E-state index contributed by atoms with van der Waals surface area (Å²) in [4.78, 5) is 17.2. The van der Waals surface area contributed by atoms with E-state index in [1.54, 1.807) is 17.8 Å². The number of methoxy groups -OCH3 is 1. The number of nitrogens with zero attached hydrogens (tertiary/aromatic N) is 3. The van der Waals surface area contributed by atoms with Crippen LogP contribution in [0.3, 0.4) is 0 Å². The third-order valence-electron chi connectivity index (χ3n) is 5.41. The molecule has 1 amide bonds. The van der Waals surface area contributed by atoms with Crippen LogP contribution in [0.1, 0.15) is 28.9 Å². The van der Waals surface area contributed by atoms with E-state index in [9.17, 15) is 4.79 Å². The first-order chi connectivity index (χ1) is 14.1. The number of imidazole rings is 1. The van der Waals surface area contributed by atoms with Gasteiger partial charge in [0.1, 0.15) is 5.75 Å². The number of aromatic nitrogens is 3. The summed E-state index contributed by atoms with van der Waals surface area (Å²) >= 11 is 0. The molecule has 1 aliphatic carbocycles. The summed E-state index contributed by atoms with van der Waals surface area (Å²) in [6.07, 6.45) is 3.28. The molecule has 2 aromatic heterocycles. The van der Waals surface area contributed by atoms with Gasteiger partial charge in [-0.05, 0) is 30.5 Å². The average molecular weight is 394 g/mol. The summed E-state index contributed by atoms with van der Waals surface area (Å²) in [6, 6.07) is 7.84. The molecule has 3 aliphatic rings. The highest BCUT2D eigenvalue weighted by Crippen LogP contribution is 2.31. The Labute approximate surface area is 167 Å². The molecular weight excluding hydrogens is 372 g/mol. The lowest BCUT2D eigenvalue weighted by Gasteiger charge is -2.35. The molecule has 0 radical (unpaired) electrons. The summed E-state index contributed by atoms with van der Waals surface area (Å²) in [5, 5.41) is 14.1. The monoisotopic (exact) mass is 394 g/mol. The van der Waals surface area contributed by atoms with E-state index in [0.29, 0.717) is 29.5 Å². The lowest BCUT2D eigenvalue weighted by atomic mass is 9.89. The molecule has 9 heteroatoms. The van der Waals surface area contributed by atoms with Crippen molar-refractivity contribution in [3.05, 3.63) is 41.7 Å². The van der Waals surface area contributed by atoms with E-state index in [4.69, 9.17) is 9.47 Å². The lowest BCUT2D eigenvalue weighted by molar-refractivity contribution is -0.0251. The molecule has 0 saturated heterocycles. The number of ether oxygens (including phenoxy) is 2. The van der Waals surface area contributed by atoms with Crippen molar-refractivity contribution >= 4 is 28.7 Å². The number of fused-ring (bicyclic) bond motifs is 2. The van der Waals surface area contributed by atoms with Crippen LogP contribution in [0.2, 0.25) is 0 Å². The van der Waals surface area contributed by atoms with Gasteiger partial charge in [-0.2, -0.15) is 0 Å². The van der Waals surface area contributed by atoms with Crippen molar-refractivity contribution in [1.82, 2.24) is 19.9 Å². The second kappa shape index (κ2) is 6.93. The molecule has 3 N–H and O–H groups in total. The standard InChI is InChI=1S/C20H22N6O3/c1-21-15-8-18-24-14-5-11(3-4-17(14)28-2)10-29-13-6-12(7-13)23-20(27)16-9-22-19(15)26(16)25-18/h3-5,8-9,12-13,21H,6-7,10H2,1-2H3,(H,23,27)(H,24,25)/t12-,13+. The fraction of sp³-hybridized carbons (Fsp3) is 0.350. The number of carbonyl (C=O) groups excluding carboxylic acids is 1. The van der Waals surface area contributed by atoms with Crippen LogP contribution in [0.4, 0.5) is 17.2 Å². The topological polar surface area (TPSA) is 102 Å². The van der Waals surface area contributed by atoms with E-state index in [-0.39, 0.29) is 18.1 Å². The van der Waals surface area contributed by atoms with Crippen molar-refractivity contribution in [3.8, 4) is 5.75 Å². The molecule has 0 unspecified atom stereocenters. The Kier molecular flexibility index (Phi) is 4.24. The van der Waals surface area contributed by atoms with Crippen molar-refractivity contribution < 1.29 is 14.3 Å². The second-order valence-corrected chi connectivity index (χ2v) is 7.31. The van der Waals surface area contributed by atoms with Crippen molar-refractivity contribution in [1.29, 1.82) is 0 Å². The molecule has 3 aromatic rings. The average Bonchev–Trinajstić information content (AvgIpc) is 3.12. The Morgan fingerprint density at radius 1 is 1.31 bits per heavy atom. The van der Waals surface area contributed by atoms with Gasteiger partial charge in [-0.3, -0.25) is 4.79 Å². The quantitative estimate of drug-likeness (QED) is 0.613. The first-order valence-electron chi connectivity index (χ1n) is 9.57. The number of hydrogen-bond donors (Lipinski definition) is 3. The summed E-state index contributed by atoms with van der Waals surface area (Å²) in [5.74, 6) is 1.06. The second-order valence-electron chi connectivity index (χ2n) is 7.31. The normalized spacial score (nSPS) is 20.8. The number of hydrogen-bond acceptors (Lipinski definition) is 7. The van der Waals surface area contributed by atoms with E-state index in [0.717, 1.165) is 29.8 Å². The maximum atomic E-state index is 12.8. The third-order valence-corrected chi connectivity index (χ3v) is 5.41. The van der Waals surface area contributed by atoms with Crippen LogP contribution in [0.15, 0.2) is 30.5 Å². The number of rotatable bonds is 2. The van der Waals surface area contributed by atoms with Crippen molar-refractivity contribution in [3.63, 3.8) is 0 Å². The zero-order chi connectivity index (χ0) is 20.0. The van der Waals surface area contributed by atoms with Crippen LogP contribution < -0.4 is 20.7 Å². The minimum atomic E-state index is -0.194. The molecule has 6 bridgehead atoms. The SMILES string of the molecule is CNc1cc2nn3c(cnc13)C(=O)N[C@H]1C[C@H](C1)OCc1ccc(OC)c(c1)N2. The Hall–Kier alpha value is -3.33. The predicted octanol–water partition coefficient (Wildman–Crippen LogP) is 2.31. The van der Waals surface area contributed by atoms with E-state index >= 15 is 0 Å². The van der Waals surface area contributed by atoms with Gasteiger partial charge >= 0.3 is 0 Å². The Morgan fingerprint density at radius 3 is 2.97 bits per heavy atom. The molecule has 2 aliphatic heterocycles. The summed E-state index contributed by atoms with van der Waals surface area (Å²) in [5.41, 5.74) is 3.54. The highest BCUT2D eigenvalue weighted by Gasteiger charge is 2.32. The number of benzene rings is 1. The minimum Gasteiger partial charge on any atom is -0.495 e. The fourth-order valence-corrected chi connectivity index (χ4v) is 3.74. The van der Waals surface area contributed by atoms with Crippen LogP contribution in [-0.2, 0) is 11.3 Å². The zero-order valence-electron chi connectivity index (χ0n) is 16.2. The van der Waals surface area contributed by atoms with Crippen LogP contribution in [0.5, 0.6) is 5.75 Å². The van der Waals surface area contributed by atoms with Crippen LogP contribution >= 0.6 is 0 Å². The van der Waals surface area contributed by atoms with Gasteiger partial charge in [0.2, 0.25) is 0 Å². The summed E-state index contributed by atoms with van der Waals surface area (Å²) < 4.78 is 13.1. The van der Waals surface area contributed by atoms with Crippen molar-refractivity contribution in [2.24, 2.45) is 0 Å². The van der Waals surface area contributed by atoms with Gasteiger partial charge in [-0.1, -0.05) is 6.07 Å².